The molecule has 0 unspecified atom stereocenters. The molecule has 29 heavy (non-hydrogen) atoms. The Labute approximate surface area is 176 Å². The molecule has 0 saturated heterocycles. The number of halogens is 2. The van der Waals surface area contributed by atoms with Crippen LogP contribution in [-0.4, -0.2) is 45.8 Å². The summed E-state index contributed by atoms with van der Waals surface area (Å²) < 4.78 is 0. The summed E-state index contributed by atoms with van der Waals surface area (Å²) in [5, 5.41) is 6.18. The molecule has 2 aromatic heterocycles. The van der Waals surface area contributed by atoms with E-state index in [-0.39, 0.29) is 27.2 Å². The fourth-order valence-corrected chi connectivity index (χ4v) is 2.94. The summed E-state index contributed by atoms with van der Waals surface area (Å²) in [5.74, 6) is 0.0162. The second-order valence-electron chi connectivity index (χ2n) is 6.09. The summed E-state index contributed by atoms with van der Waals surface area (Å²) in [6.07, 6.45) is 4.35. The molecule has 0 atom stereocenters. The molecule has 0 radical (unpaired) electrons. The zero-order valence-corrected chi connectivity index (χ0v) is 17.0. The first-order valence-electron chi connectivity index (χ1n) is 8.37. The van der Waals surface area contributed by atoms with Gasteiger partial charge in [-0.2, -0.15) is 0 Å². The first-order chi connectivity index (χ1) is 13.8. The van der Waals surface area contributed by atoms with E-state index in [0.717, 1.165) is 0 Å². The number of benzene rings is 1. The molecule has 1 aromatic carbocycles. The molecule has 0 aliphatic heterocycles. The number of pyridine rings is 1. The zero-order chi connectivity index (χ0) is 21.0. The highest BCUT2D eigenvalue weighted by Crippen LogP contribution is 2.25. The van der Waals surface area contributed by atoms with E-state index in [1.807, 2.05) is 0 Å². The van der Waals surface area contributed by atoms with Crippen molar-refractivity contribution in [2.24, 2.45) is 0 Å². The van der Waals surface area contributed by atoms with Gasteiger partial charge in [-0.25, -0.2) is 9.97 Å². The average Bonchev–Trinajstić information content (AvgIpc) is 2.67. The molecule has 0 saturated carbocycles. The minimum atomic E-state index is -0.448. The minimum absolute atomic E-state index is 0.183. The fraction of sp³-hybridized carbons (Fsp3) is 0.105. The SMILES string of the molecule is CN(C)C(=O)c1cncc(Nc2cc(NC(=O)c3c(Cl)cccc3Cl)ccn2)n1. The molecule has 0 aliphatic carbocycles. The van der Waals surface area contributed by atoms with E-state index in [2.05, 4.69) is 25.6 Å². The molecule has 8 nitrogen and oxygen atoms in total. The van der Waals surface area contributed by atoms with E-state index in [4.69, 9.17) is 23.2 Å². The maximum atomic E-state index is 12.5. The summed E-state index contributed by atoms with van der Waals surface area (Å²) in [7, 11) is 3.26. The quantitative estimate of drug-likeness (QED) is 0.636. The van der Waals surface area contributed by atoms with Gasteiger partial charge in [0.15, 0.2) is 5.82 Å². The van der Waals surface area contributed by atoms with Gasteiger partial charge in [-0.1, -0.05) is 29.3 Å². The Bertz CT molecular complexity index is 1050. The molecular formula is C19H16Cl2N6O2. The number of carbonyl (C=O) groups excluding carboxylic acids is 2. The molecule has 2 N–H and O–H groups in total. The molecule has 3 aromatic rings. The number of amides is 2. The van der Waals surface area contributed by atoms with E-state index in [1.54, 1.807) is 44.4 Å². The average molecular weight is 431 g/mol. The van der Waals surface area contributed by atoms with Gasteiger partial charge in [0.25, 0.3) is 11.8 Å². The van der Waals surface area contributed by atoms with Gasteiger partial charge in [0.05, 0.1) is 28.0 Å². The molecule has 148 valence electrons. The van der Waals surface area contributed by atoms with E-state index in [0.29, 0.717) is 17.3 Å². The first-order valence-corrected chi connectivity index (χ1v) is 9.13. The number of hydrogen-bond acceptors (Lipinski definition) is 6. The number of nitrogens with zero attached hydrogens (tertiary/aromatic N) is 4. The van der Waals surface area contributed by atoms with Crippen molar-refractivity contribution in [3.63, 3.8) is 0 Å². The van der Waals surface area contributed by atoms with Crippen LogP contribution in [0.25, 0.3) is 0 Å². The monoisotopic (exact) mass is 430 g/mol. The van der Waals surface area contributed by atoms with Crippen molar-refractivity contribution in [2.45, 2.75) is 0 Å². The third kappa shape index (κ3) is 4.98. The van der Waals surface area contributed by atoms with Gasteiger partial charge in [0.1, 0.15) is 11.5 Å². The number of carbonyl (C=O) groups is 2. The van der Waals surface area contributed by atoms with E-state index < -0.39 is 5.91 Å². The molecule has 0 fully saturated rings. The smallest absolute Gasteiger partial charge is 0.273 e. The van der Waals surface area contributed by atoms with Gasteiger partial charge in [-0.15, -0.1) is 0 Å². The number of nitrogens with one attached hydrogen (secondary N) is 2. The van der Waals surface area contributed by atoms with Crippen molar-refractivity contribution in [1.29, 1.82) is 0 Å². The minimum Gasteiger partial charge on any atom is -0.343 e. The summed E-state index contributed by atoms with van der Waals surface area (Å²) >= 11 is 12.2. The van der Waals surface area contributed by atoms with Crippen LogP contribution in [0.5, 0.6) is 0 Å². The van der Waals surface area contributed by atoms with Crippen LogP contribution in [0.1, 0.15) is 20.8 Å². The molecule has 0 spiro atoms. The van der Waals surface area contributed by atoms with Crippen LogP contribution >= 0.6 is 23.2 Å². The highest BCUT2D eigenvalue weighted by molar-refractivity contribution is 6.40. The molecule has 2 amide bonds. The van der Waals surface area contributed by atoms with Crippen LogP contribution in [-0.2, 0) is 0 Å². The van der Waals surface area contributed by atoms with Crippen LogP contribution in [0.2, 0.25) is 10.0 Å². The van der Waals surface area contributed by atoms with Gasteiger partial charge in [-0.05, 0) is 18.2 Å². The van der Waals surface area contributed by atoms with Gasteiger partial charge < -0.3 is 15.5 Å². The van der Waals surface area contributed by atoms with Crippen molar-refractivity contribution in [3.8, 4) is 0 Å². The lowest BCUT2D eigenvalue weighted by Crippen LogP contribution is -2.23. The van der Waals surface area contributed by atoms with E-state index in [1.165, 1.54) is 23.5 Å². The van der Waals surface area contributed by atoms with Crippen molar-refractivity contribution < 1.29 is 9.59 Å². The Morgan fingerprint density at radius 1 is 1.03 bits per heavy atom. The molecule has 2 heterocycles. The molecule has 0 aliphatic rings. The third-order valence-electron chi connectivity index (χ3n) is 3.72. The Hall–Kier alpha value is -3.23. The van der Waals surface area contributed by atoms with Crippen LogP contribution in [0, 0.1) is 0 Å². The number of hydrogen-bond donors (Lipinski definition) is 2. The first kappa shape index (κ1) is 20.5. The predicted molar refractivity (Wildman–Crippen MR) is 112 cm³/mol. The Morgan fingerprint density at radius 2 is 1.76 bits per heavy atom. The Morgan fingerprint density at radius 3 is 2.45 bits per heavy atom. The highest BCUT2D eigenvalue weighted by Gasteiger charge is 2.15. The van der Waals surface area contributed by atoms with Crippen molar-refractivity contribution in [2.75, 3.05) is 24.7 Å². The van der Waals surface area contributed by atoms with Crippen LogP contribution in [0.3, 0.4) is 0 Å². The lowest BCUT2D eigenvalue weighted by molar-refractivity contribution is 0.0821. The van der Waals surface area contributed by atoms with Crippen LogP contribution < -0.4 is 10.6 Å². The number of anilines is 3. The molecule has 3 rings (SSSR count). The standard InChI is InChI=1S/C19H16Cl2N6O2/c1-27(2)19(29)14-9-22-10-16(25-14)26-15-8-11(6-7-23-15)24-18(28)17-12(20)4-3-5-13(17)21/h3-10H,1-2H3,(H2,23,24,25,26,28). The van der Waals surface area contributed by atoms with Crippen molar-refractivity contribution in [1.82, 2.24) is 19.9 Å². The maximum absolute atomic E-state index is 12.5. The van der Waals surface area contributed by atoms with Crippen LogP contribution in [0.4, 0.5) is 17.3 Å². The molecule has 10 heteroatoms. The largest absolute Gasteiger partial charge is 0.343 e. The van der Waals surface area contributed by atoms with Gasteiger partial charge in [-0.3, -0.25) is 14.6 Å². The second kappa shape index (κ2) is 8.85. The predicted octanol–water partition coefficient (Wildman–Crippen LogP) is 3.88. The zero-order valence-electron chi connectivity index (χ0n) is 15.5. The summed E-state index contributed by atoms with van der Waals surface area (Å²) in [6, 6.07) is 8.05. The van der Waals surface area contributed by atoms with Crippen molar-refractivity contribution in [3.05, 3.63) is 70.2 Å². The van der Waals surface area contributed by atoms with Gasteiger partial charge >= 0.3 is 0 Å². The van der Waals surface area contributed by atoms with Gasteiger partial charge in [0.2, 0.25) is 0 Å². The van der Waals surface area contributed by atoms with E-state index in [9.17, 15) is 9.59 Å². The summed E-state index contributed by atoms with van der Waals surface area (Å²) in [5.41, 5.74) is 0.845. The summed E-state index contributed by atoms with van der Waals surface area (Å²) in [4.78, 5) is 38.4. The molecule has 0 bridgehead atoms. The van der Waals surface area contributed by atoms with Crippen LogP contribution in [0.15, 0.2) is 48.9 Å². The second-order valence-corrected chi connectivity index (χ2v) is 6.91. The normalized spacial score (nSPS) is 10.3. The topological polar surface area (TPSA) is 100 Å². The molecular weight excluding hydrogens is 415 g/mol. The maximum Gasteiger partial charge on any atom is 0.273 e. The Kier molecular flexibility index (Phi) is 6.26. The van der Waals surface area contributed by atoms with Crippen molar-refractivity contribution >= 4 is 52.3 Å². The lowest BCUT2D eigenvalue weighted by atomic mass is 10.2. The number of aromatic nitrogens is 3. The Balaban J connectivity index is 1.78. The summed E-state index contributed by atoms with van der Waals surface area (Å²) in [6.45, 7) is 0. The highest BCUT2D eigenvalue weighted by atomic mass is 35.5. The third-order valence-corrected chi connectivity index (χ3v) is 4.35. The number of rotatable bonds is 5. The van der Waals surface area contributed by atoms with Gasteiger partial charge in [0, 0.05) is 32.0 Å². The van der Waals surface area contributed by atoms with E-state index >= 15 is 0 Å². The lowest BCUT2D eigenvalue weighted by Gasteiger charge is -2.11. The fourth-order valence-electron chi connectivity index (χ4n) is 2.37.